The zero-order valence-corrected chi connectivity index (χ0v) is 16.2. The predicted molar refractivity (Wildman–Crippen MR) is 97.3 cm³/mol. The van der Waals surface area contributed by atoms with Crippen molar-refractivity contribution in [2.45, 2.75) is 83.5 Å². The van der Waals surface area contributed by atoms with Crippen molar-refractivity contribution in [3.05, 3.63) is 11.1 Å². The molecule has 26 heavy (non-hydrogen) atoms. The minimum absolute atomic E-state index is 0.109. The van der Waals surface area contributed by atoms with Gasteiger partial charge in [0.1, 0.15) is 6.10 Å². The first-order chi connectivity index (χ1) is 12.5. The number of hydrogen-bond donors (Lipinski definition) is 0. The van der Waals surface area contributed by atoms with Gasteiger partial charge in [-0.05, 0) is 62.7 Å². The van der Waals surface area contributed by atoms with Crippen LogP contribution < -0.4 is 0 Å². The highest BCUT2D eigenvalue weighted by molar-refractivity contribution is 5.66. The third-order valence-corrected chi connectivity index (χ3v) is 8.41. The van der Waals surface area contributed by atoms with Crippen LogP contribution in [0.2, 0.25) is 0 Å². The molecule has 4 heteroatoms. The Morgan fingerprint density at radius 1 is 1.08 bits per heavy atom. The maximum atomic E-state index is 11.6. The normalized spacial score (nSPS) is 43.8. The van der Waals surface area contributed by atoms with Crippen LogP contribution in [-0.2, 0) is 19.0 Å². The summed E-state index contributed by atoms with van der Waals surface area (Å²) in [6.45, 7) is 5.47. The van der Waals surface area contributed by atoms with Crippen LogP contribution in [0.15, 0.2) is 11.1 Å². The Morgan fingerprint density at radius 2 is 1.88 bits per heavy atom. The molecular formula is C22H32O4. The van der Waals surface area contributed by atoms with Crippen molar-refractivity contribution in [1.82, 2.24) is 0 Å². The maximum Gasteiger partial charge on any atom is 0.302 e. The minimum Gasteiger partial charge on any atom is -0.462 e. The van der Waals surface area contributed by atoms with Gasteiger partial charge in [0.25, 0.3) is 0 Å². The van der Waals surface area contributed by atoms with Gasteiger partial charge in [0.05, 0.1) is 13.2 Å². The molecule has 2 saturated carbocycles. The fourth-order valence-electron chi connectivity index (χ4n) is 7.28. The average molecular weight is 360 g/mol. The van der Waals surface area contributed by atoms with Gasteiger partial charge in [-0.25, -0.2) is 0 Å². The summed E-state index contributed by atoms with van der Waals surface area (Å²) < 4.78 is 17.7. The van der Waals surface area contributed by atoms with Gasteiger partial charge in [0.15, 0.2) is 5.79 Å². The number of allylic oxidation sites excluding steroid dienone is 1. The highest BCUT2D eigenvalue weighted by atomic mass is 16.7. The Hall–Kier alpha value is -0.870. The number of ether oxygens (including phenoxy) is 3. The first kappa shape index (κ1) is 17.2. The molecule has 0 bridgehead atoms. The van der Waals surface area contributed by atoms with E-state index in [4.69, 9.17) is 14.2 Å². The largest absolute Gasteiger partial charge is 0.462 e. The molecule has 5 aliphatic rings. The van der Waals surface area contributed by atoms with Gasteiger partial charge in [-0.3, -0.25) is 4.79 Å². The van der Waals surface area contributed by atoms with E-state index in [1.165, 1.54) is 32.1 Å². The predicted octanol–water partition coefficient (Wildman–Crippen LogP) is 4.38. The Morgan fingerprint density at radius 3 is 2.65 bits per heavy atom. The van der Waals surface area contributed by atoms with E-state index in [1.807, 2.05) is 0 Å². The summed E-state index contributed by atoms with van der Waals surface area (Å²) >= 11 is 0. The van der Waals surface area contributed by atoms with Crippen molar-refractivity contribution in [1.29, 1.82) is 0 Å². The standard InChI is InChI=1S/C22H32O4/c1-14(23)26-20-6-5-19-18-4-3-15-13-22(24-11-12-25-22)10-8-16(15)17(18)7-9-21(19,20)2/h17-20H,3-13H2,1-2H3. The lowest BCUT2D eigenvalue weighted by atomic mass is 9.54. The summed E-state index contributed by atoms with van der Waals surface area (Å²) in [5, 5.41) is 0. The Labute approximate surface area is 156 Å². The van der Waals surface area contributed by atoms with E-state index >= 15 is 0 Å². The van der Waals surface area contributed by atoms with E-state index < -0.39 is 0 Å². The molecule has 1 spiro atoms. The number of esters is 1. The van der Waals surface area contributed by atoms with E-state index in [-0.39, 0.29) is 23.3 Å². The average Bonchev–Trinajstić information content (AvgIpc) is 3.19. The molecule has 0 aromatic heterocycles. The summed E-state index contributed by atoms with van der Waals surface area (Å²) in [4.78, 5) is 11.6. The molecule has 0 N–H and O–H groups in total. The lowest BCUT2D eigenvalue weighted by molar-refractivity contribution is -0.166. The lowest BCUT2D eigenvalue weighted by Gasteiger charge is -2.52. The van der Waals surface area contributed by atoms with Crippen molar-refractivity contribution >= 4 is 5.97 Å². The van der Waals surface area contributed by atoms with Gasteiger partial charge in [-0.2, -0.15) is 0 Å². The highest BCUT2D eigenvalue weighted by Crippen LogP contribution is 2.62. The maximum absolute atomic E-state index is 11.6. The van der Waals surface area contributed by atoms with E-state index in [2.05, 4.69) is 6.92 Å². The summed E-state index contributed by atoms with van der Waals surface area (Å²) in [6, 6.07) is 0. The van der Waals surface area contributed by atoms with Crippen molar-refractivity contribution in [2.24, 2.45) is 23.2 Å². The van der Waals surface area contributed by atoms with Gasteiger partial charge in [-0.1, -0.05) is 18.1 Å². The van der Waals surface area contributed by atoms with Crippen LogP contribution in [-0.4, -0.2) is 31.1 Å². The number of carbonyl (C=O) groups is 1. The molecule has 144 valence electrons. The fraction of sp³-hybridized carbons (Fsp3) is 0.864. The number of fused-ring (bicyclic) bond motifs is 4. The van der Waals surface area contributed by atoms with Gasteiger partial charge in [-0.15, -0.1) is 0 Å². The first-order valence-electron chi connectivity index (χ1n) is 10.7. The molecule has 0 amide bonds. The third kappa shape index (κ3) is 2.51. The SMILES string of the molecule is CC(=O)OC1CCC2C3CCC4=C(CCC5(C4)OCCO5)C3CCC12C. The molecule has 4 nitrogen and oxygen atoms in total. The molecule has 5 unspecified atom stereocenters. The van der Waals surface area contributed by atoms with Crippen LogP contribution in [0.1, 0.15) is 71.6 Å². The summed E-state index contributed by atoms with van der Waals surface area (Å²) in [5.74, 6) is 1.86. The molecule has 1 saturated heterocycles. The van der Waals surface area contributed by atoms with Gasteiger partial charge >= 0.3 is 5.97 Å². The molecule has 1 heterocycles. The van der Waals surface area contributed by atoms with Crippen LogP contribution in [0, 0.1) is 23.2 Å². The molecular weight excluding hydrogens is 328 g/mol. The lowest BCUT2D eigenvalue weighted by Crippen LogP contribution is -2.47. The summed E-state index contributed by atoms with van der Waals surface area (Å²) in [7, 11) is 0. The smallest absolute Gasteiger partial charge is 0.302 e. The Kier molecular flexibility index (Phi) is 4.02. The van der Waals surface area contributed by atoms with Crippen LogP contribution in [0.5, 0.6) is 0 Å². The first-order valence-corrected chi connectivity index (χ1v) is 10.7. The molecule has 5 atom stereocenters. The summed E-state index contributed by atoms with van der Waals surface area (Å²) in [6.07, 6.45) is 10.6. The molecule has 3 fully saturated rings. The number of carbonyl (C=O) groups excluding carboxylic acids is 1. The molecule has 0 aromatic rings. The monoisotopic (exact) mass is 360 g/mol. The third-order valence-electron chi connectivity index (χ3n) is 8.41. The van der Waals surface area contributed by atoms with Crippen molar-refractivity contribution in [3.8, 4) is 0 Å². The Bertz CT molecular complexity index is 632. The molecule has 0 aromatic carbocycles. The topological polar surface area (TPSA) is 44.8 Å². The van der Waals surface area contributed by atoms with E-state index in [0.717, 1.165) is 56.7 Å². The Balaban J connectivity index is 1.38. The van der Waals surface area contributed by atoms with Crippen molar-refractivity contribution in [2.75, 3.05) is 13.2 Å². The second-order valence-corrected chi connectivity index (χ2v) is 9.55. The molecule has 4 aliphatic carbocycles. The van der Waals surface area contributed by atoms with Crippen LogP contribution in [0.25, 0.3) is 0 Å². The minimum atomic E-state index is -0.289. The quantitative estimate of drug-likeness (QED) is 0.514. The second-order valence-electron chi connectivity index (χ2n) is 9.55. The van der Waals surface area contributed by atoms with Crippen LogP contribution in [0.4, 0.5) is 0 Å². The van der Waals surface area contributed by atoms with E-state index in [0.29, 0.717) is 0 Å². The van der Waals surface area contributed by atoms with Crippen molar-refractivity contribution < 1.29 is 19.0 Å². The van der Waals surface area contributed by atoms with E-state index in [1.54, 1.807) is 18.1 Å². The van der Waals surface area contributed by atoms with Gasteiger partial charge < -0.3 is 14.2 Å². The van der Waals surface area contributed by atoms with E-state index in [9.17, 15) is 4.79 Å². The summed E-state index contributed by atoms with van der Waals surface area (Å²) in [5.41, 5.74) is 3.60. The second kappa shape index (κ2) is 6.07. The van der Waals surface area contributed by atoms with Gasteiger partial charge in [0, 0.05) is 25.2 Å². The number of hydrogen-bond acceptors (Lipinski definition) is 4. The number of rotatable bonds is 1. The molecule has 0 radical (unpaired) electrons. The van der Waals surface area contributed by atoms with Crippen molar-refractivity contribution in [3.63, 3.8) is 0 Å². The van der Waals surface area contributed by atoms with Gasteiger partial charge in [0.2, 0.25) is 0 Å². The molecule has 5 rings (SSSR count). The van der Waals surface area contributed by atoms with Crippen LogP contribution in [0.3, 0.4) is 0 Å². The highest BCUT2D eigenvalue weighted by Gasteiger charge is 2.57. The fourth-order valence-corrected chi connectivity index (χ4v) is 7.28. The molecule has 1 aliphatic heterocycles. The zero-order valence-electron chi connectivity index (χ0n) is 16.2. The zero-order chi connectivity index (χ0) is 17.9. The van der Waals surface area contributed by atoms with Crippen LogP contribution >= 0.6 is 0 Å².